The summed E-state index contributed by atoms with van der Waals surface area (Å²) in [6, 6.07) is 17.7. The molecule has 288 valence electrons. The molecule has 2 aromatic heterocycles. The van der Waals surface area contributed by atoms with Gasteiger partial charge in [0.05, 0.1) is 43.2 Å². The molecule has 0 radical (unpaired) electrons. The van der Waals surface area contributed by atoms with Crippen molar-refractivity contribution in [2.45, 2.75) is 64.0 Å². The van der Waals surface area contributed by atoms with E-state index in [9.17, 15) is 9.90 Å². The minimum Gasteiger partial charge on any atom is -0.493 e. The molecular formula is C43H43N5O6S2. The van der Waals surface area contributed by atoms with Crippen molar-refractivity contribution in [3.05, 3.63) is 114 Å². The van der Waals surface area contributed by atoms with Crippen LogP contribution in [0.3, 0.4) is 0 Å². The van der Waals surface area contributed by atoms with Crippen LogP contribution in [0, 0.1) is 0 Å². The van der Waals surface area contributed by atoms with E-state index in [2.05, 4.69) is 50.9 Å². The SMILES string of the molecule is COc1cc2c(cc1OCc1cc(COc3cc4c(cc3OC)C(O)N3Cc5ccsc5C[C@H]3C=N4)cc(CN(C)C)c1)N=C[C@@H]1Cc3sccc3CN1C2=O. The van der Waals surface area contributed by atoms with E-state index in [1.165, 1.54) is 20.9 Å². The molecule has 0 fully saturated rings. The van der Waals surface area contributed by atoms with Crippen LogP contribution in [0.15, 0.2) is 75.3 Å². The molecule has 0 saturated carbocycles. The van der Waals surface area contributed by atoms with Crippen LogP contribution in [0.4, 0.5) is 11.4 Å². The van der Waals surface area contributed by atoms with Crippen LogP contribution >= 0.6 is 22.7 Å². The first-order valence-electron chi connectivity index (χ1n) is 18.6. The van der Waals surface area contributed by atoms with Gasteiger partial charge in [-0.15, -0.1) is 22.7 Å². The number of hydrogen-bond acceptors (Lipinski definition) is 12. The number of thiophene rings is 2. The van der Waals surface area contributed by atoms with Crippen LogP contribution in [-0.4, -0.2) is 78.5 Å². The molecule has 0 aliphatic carbocycles. The van der Waals surface area contributed by atoms with E-state index in [-0.39, 0.29) is 31.2 Å². The van der Waals surface area contributed by atoms with Gasteiger partial charge in [-0.3, -0.25) is 19.7 Å². The van der Waals surface area contributed by atoms with Crippen LogP contribution in [0.5, 0.6) is 23.0 Å². The zero-order valence-electron chi connectivity index (χ0n) is 31.7. The second-order valence-electron chi connectivity index (χ2n) is 14.9. The first-order valence-corrected chi connectivity index (χ1v) is 20.4. The second kappa shape index (κ2) is 15.1. The zero-order chi connectivity index (χ0) is 38.5. The quantitative estimate of drug-likeness (QED) is 0.155. The van der Waals surface area contributed by atoms with E-state index in [1.807, 2.05) is 43.6 Å². The number of nitrogens with zero attached hydrogens (tertiary/aromatic N) is 5. The van der Waals surface area contributed by atoms with E-state index in [0.717, 1.165) is 36.1 Å². The van der Waals surface area contributed by atoms with Crippen molar-refractivity contribution in [1.29, 1.82) is 0 Å². The maximum atomic E-state index is 13.8. The van der Waals surface area contributed by atoms with Gasteiger partial charge in [0.2, 0.25) is 0 Å². The van der Waals surface area contributed by atoms with Crippen molar-refractivity contribution in [3.63, 3.8) is 0 Å². The second-order valence-corrected chi connectivity index (χ2v) is 16.9. The molecule has 4 aliphatic rings. The third kappa shape index (κ3) is 6.98. The fraction of sp³-hybridized carbons (Fsp3) is 0.326. The average molecular weight is 790 g/mol. The molecule has 1 unspecified atom stereocenters. The summed E-state index contributed by atoms with van der Waals surface area (Å²) in [5.74, 6) is 1.99. The van der Waals surface area contributed by atoms with E-state index < -0.39 is 6.23 Å². The Hall–Kier alpha value is -5.05. The van der Waals surface area contributed by atoms with Gasteiger partial charge >= 0.3 is 0 Å². The predicted molar refractivity (Wildman–Crippen MR) is 219 cm³/mol. The van der Waals surface area contributed by atoms with Gasteiger partial charge in [-0.2, -0.15) is 0 Å². The number of rotatable bonds is 10. The lowest BCUT2D eigenvalue weighted by atomic mass is 10.0. The largest absolute Gasteiger partial charge is 0.493 e. The molecule has 0 spiro atoms. The Kier molecular flexibility index (Phi) is 9.88. The Bertz CT molecular complexity index is 2370. The fourth-order valence-corrected chi connectivity index (χ4v) is 9.96. The summed E-state index contributed by atoms with van der Waals surface area (Å²) in [4.78, 5) is 32.2. The predicted octanol–water partition coefficient (Wildman–Crippen LogP) is 7.46. The molecule has 11 nitrogen and oxygen atoms in total. The molecule has 0 saturated heterocycles. The monoisotopic (exact) mass is 789 g/mol. The number of carbonyl (C=O) groups is 1. The highest BCUT2D eigenvalue weighted by Gasteiger charge is 2.36. The van der Waals surface area contributed by atoms with Crippen LogP contribution in [0.1, 0.15) is 59.7 Å². The molecule has 9 rings (SSSR count). The molecule has 5 aromatic rings. The van der Waals surface area contributed by atoms with Crippen molar-refractivity contribution in [2.75, 3.05) is 28.3 Å². The first kappa shape index (κ1) is 36.6. The van der Waals surface area contributed by atoms with Crippen molar-refractivity contribution >= 4 is 52.4 Å². The highest BCUT2D eigenvalue weighted by molar-refractivity contribution is 7.10. The third-order valence-electron chi connectivity index (χ3n) is 10.8. The molecule has 3 atom stereocenters. The van der Waals surface area contributed by atoms with E-state index in [4.69, 9.17) is 28.9 Å². The van der Waals surface area contributed by atoms with Gasteiger partial charge in [0, 0.05) is 72.4 Å². The Morgan fingerprint density at radius 3 is 2.02 bits per heavy atom. The number of amides is 1. The minimum absolute atomic E-state index is 0.00232. The normalized spacial score (nSPS) is 19.6. The summed E-state index contributed by atoms with van der Waals surface area (Å²) in [6.07, 6.45) is 4.58. The molecule has 13 heteroatoms. The molecule has 3 aromatic carbocycles. The third-order valence-corrected chi connectivity index (χ3v) is 12.8. The summed E-state index contributed by atoms with van der Waals surface area (Å²) in [5.41, 5.74) is 7.89. The fourth-order valence-electron chi connectivity index (χ4n) is 8.06. The lowest BCUT2D eigenvalue weighted by molar-refractivity contribution is -0.0193. The number of carbonyl (C=O) groups excluding carboxylic acids is 1. The number of ether oxygens (including phenoxy) is 4. The maximum Gasteiger partial charge on any atom is 0.257 e. The number of hydrogen-bond donors (Lipinski definition) is 1. The van der Waals surface area contributed by atoms with Gasteiger partial charge in [-0.25, -0.2) is 0 Å². The smallest absolute Gasteiger partial charge is 0.257 e. The molecule has 56 heavy (non-hydrogen) atoms. The Morgan fingerprint density at radius 2 is 1.34 bits per heavy atom. The molecule has 1 amide bonds. The number of methoxy groups -OCH3 is 2. The standard InChI is InChI=1S/C43H43N5O6S2/c1-46(2)20-25-9-26(23-53-38-16-34-32(14-36(38)51-3)42(49)47-21-28-5-7-55-40(28)12-30(47)18-44-34)11-27(10-25)24-54-39-17-35-33(15-37(39)52-4)43(50)48-22-29-6-8-56-41(29)13-31(48)19-45-35/h5-11,14-19,30-31,42,49H,12-13,20-24H2,1-4H3/t30-,31-,42?/m0/s1. The summed E-state index contributed by atoms with van der Waals surface area (Å²) in [7, 11) is 7.27. The van der Waals surface area contributed by atoms with E-state index >= 15 is 0 Å². The van der Waals surface area contributed by atoms with Crippen molar-refractivity contribution < 1.29 is 28.8 Å². The van der Waals surface area contributed by atoms with Crippen molar-refractivity contribution in [1.82, 2.24) is 14.7 Å². The number of fused-ring (bicyclic) bond motifs is 6. The highest BCUT2D eigenvalue weighted by atomic mass is 32.1. The van der Waals surface area contributed by atoms with Gasteiger partial charge < -0.3 is 33.9 Å². The Labute approximate surface area is 334 Å². The number of aliphatic hydroxyl groups excluding tert-OH is 1. The van der Waals surface area contributed by atoms with Gasteiger partial charge in [-0.05, 0) is 83.0 Å². The summed E-state index contributed by atoms with van der Waals surface area (Å²) in [5, 5.41) is 15.8. The van der Waals surface area contributed by atoms with Crippen LogP contribution in [0.2, 0.25) is 0 Å². The topological polar surface area (TPSA) is 109 Å². The summed E-state index contributed by atoms with van der Waals surface area (Å²) < 4.78 is 24.4. The summed E-state index contributed by atoms with van der Waals surface area (Å²) >= 11 is 3.49. The van der Waals surface area contributed by atoms with Gasteiger partial charge in [-0.1, -0.05) is 12.1 Å². The lowest BCUT2D eigenvalue weighted by Gasteiger charge is -2.36. The van der Waals surface area contributed by atoms with Crippen molar-refractivity contribution in [2.24, 2.45) is 9.98 Å². The molecule has 1 N–H and O–H groups in total. The Morgan fingerprint density at radius 1 is 0.750 bits per heavy atom. The van der Waals surface area contributed by atoms with Crippen LogP contribution in [0.25, 0.3) is 0 Å². The van der Waals surface area contributed by atoms with E-state index in [1.54, 1.807) is 49.0 Å². The minimum atomic E-state index is -0.832. The van der Waals surface area contributed by atoms with Gasteiger partial charge in [0.1, 0.15) is 19.4 Å². The van der Waals surface area contributed by atoms with Crippen LogP contribution in [-0.2, 0) is 45.7 Å². The van der Waals surface area contributed by atoms with Crippen LogP contribution < -0.4 is 18.9 Å². The first-order chi connectivity index (χ1) is 27.2. The van der Waals surface area contributed by atoms with Gasteiger partial charge in [0.25, 0.3) is 5.91 Å². The maximum absolute atomic E-state index is 13.8. The highest BCUT2D eigenvalue weighted by Crippen LogP contribution is 2.44. The number of aliphatic hydroxyl groups is 1. The number of benzene rings is 3. The summed E-state index contributed by atoms with van der Waals surface area (Å²) in [6.45, 7) is 2.48. The van der Waals surface area contributed by atoms with Gasteiger partial charge in [0.15, 0.2) is 23.0 Å². The molecule has 4 aliphatic heterocycles. The number of aliphatic imine (C=N–C) groups is 2. The van der Waals surface area contributed by atoms with Crippen molar-refractivity contribution in [3.8, 4) is 23.0 Å². The lowest BCUT2D eigenvalue weighted by Crippen LogP contribution is -2.44. The molecule has 0 bridgehead atoms. The molecular weight excluding hydrogens is 747 g/mol. The molecule has 6 heterocycles. The average Bonchev–Trinajstić information content (AvgIpc) is 3.82. The zero-order valence-corrected chi connectivity index (χ0v) is 33.4. The van der Waals surface area contributed by atoms with E-state index in [0.29, 0.717) is 58.6 Å². The Balaban J connectivity index is 0.944.